The first-order valence-corrected chi connectivity index (χ1v) is 5.94. The van der Waals surface area contributed by atoms with E-state index in [2.05, 4.69) is 15.0 Å². The van der Waals surface area contributed by atoms with Crippen LogP contribution in [0.3, 0.4) is 0 Å². The summed E-state index contributed by atoms with van der Waals surface area (Å²) in [5, 5.41) is 0. The molecule has 0 aliphatic rings. The fourth-order valence-electron chi connectivity index (χ4n) is 1.93. The van der Waals surface area contributed by atoms with Gasteiger partial charge in [-0.15, -0.1) is 0 Å². The molecular weight excluding hydrogens is 260 g/mol. The molecule has 3 aromatic rings. The van der Waals surface area contributed by atoms with Gasteiger partial charge in [0.1, 0.15) is 5.69 Å². The van der Waals surface area contributed by atoms with Gasteiger partial charge in [-0.2, -0.15) is 0 Å². The summed E-state index contributed by atoms with van der Waals surface area (Å²) in [6.45, 7) is 0. The summed E-state index contributed by atoms with van der Waals surface area (Å²) >= 11 is 0. The van der Waals surface area contributed by atoms with Crippen molar-refractivity contribution in [1.29, 1.82) is 0 Å². The zero-order chi connectivity index (χ0) is 13.9. The maximum Gasteiger partial charge on any atom is 0.178 e. The van der Waals surface area contributed by atoms with Crippen LogP contribution in [0.5, 0.6) is 0 Å². The predicted molar refractivity (Wildman–Crippen MR) is 70.6 cm³/mol. The zero-order valence-corrected chi connectivity index (χ0v) is 10.3. The first-order valence-electron chi connectivity index (χ1n) is 5.94. The van der Waals surface area contributed by atoms with Crippen LogP contribution in [-0.4, -0.2) is 15.0 Å². The van der Waals surface area contributed by atoms with Gasteiger partial charge in [0.2, 0.25) is 0 Å². The van der Waals surface area contributed by atoms with Gasteiger partial charge < -0.3 is 0 Å². The lowest BCUT2D eigenvalue weighted by atomic mass is 10.0. The Morgan fingerprint density at radius 1 is 0.700 bits per heavy atom. The highest BCUT2D eigenvalue weighted by Gasteiger charge is 2.15. The number of aromatic nitrogens is 3. The lowest BCUT2D eigenvalue weighted by Crippen LogP contribution is -1.96. The first-order chi connectivity index (χ1) is 9.77. The van der Waals surface area contributed by atoms with Crippen molar-refractivity contribution in [1.82, 2.24) is 15.0 Å². The van der Waals surface area contributed by atoms with E-state index in [0.29, 0.717) is 17.1 Å². The third kappa shape index (κ3) is 2.14. The number of halogens is 2. The van der Waals surface area contributed by atoms with Crippen LogP contribution in [0.2, 0.25) is 0 Å². The van der Waals surface area contributed by atoms with E-state index in [0.717, 1.165) is 6.07 Å². The van der Waals surface area contributed by atoms with E-state index >= 15 is 0 Å². The van der Waals surface area contributed by atoms with Crippen molar-refractivity contribution >= 4 is 0 Å². The second-order valence-electron chi connectivity index (χ2n) is 4.07. The summed E-state index contributed by atoms with van der Waals surface area (Å²) in [7, 11) is 0. The number of hydrogen-bond acceptors (Lipinski definition) is 3. The average molecular weight is 269 g/mol. The van der Waals surface area contributed by atoms with Gasteiger partial charge in [0, 0.05) is 29.7 Å². The summed E-state index contributed by atoms with van der Waals surface area (Å²) in [6, 6.07) is 9.03. The van der Waals surface area contributed by atoms with Gasteiger partial charge in [0.15, 0.2) is 17.5 Å². The largest absolute Gasteiger partial charge is 0.252 e. The van der Waals surface area contributed by atoms with Crippen molar-refractivity contribution in [3.8, 4) is 22.6 Å². The molecule has 1 aromatic carbocycles. The lowest BCUT2D eigenvalue weighted by Gasteiger charge is -2.08. The molecule has 2 heterocycles. The molecule has 3 nitrogen and oxygen atoms in total. The first kappa shape index (κ1) is 12.3. The molecule has 0 unspecified atom stereocenters. The van der Waals surface area contributed by atoms with Crippen LogP contribution in [0.25, 0.3) is 22.6 Å². The molecule has 0 aliphatic carbocycles. The van der Waals surface area contributed by atoms with Gasteiger partial charge in [-0.05, 0) is 18.2 Å². The smallest absolute Gasteiger partial charge is 0.178 e. The number of benzene rings is 1. The minimum Gasteiger partial charge on any atom is -0.252 e. The van der Waals surface area contributed by atoms with Crippen molar-refractivity contribution < 1.29 is 8.78 Å². The molecule has 0 aliphatic heterocycles. The van der Waals surface area contributed by atoms with Crippen LogP contribution in [0.4, 0.5) is 8.78 Å². The molecule has 0 bridgehead atoms. The van der Waals surface area contributed by atoms with Gasteiger partial charge in [0.05, 0.1) is 0 Å². The molecule has 0 radical (unpaired) electrons. The highest BCUT2D eigenvalue weighted by molar-refractivity contribution is 5.77. The Labute approximate surface area is 114 Å². The fraction of sp³-hybridized carbons (Fsp3) is 0. The Hall–Kier alpha value is -2.69. The monoisotopic (exact) mass is 269 g/mol. The molecule has 2 aromatic heterocycles. The van der Waals surface area contributed by atoms with E-state index in [-0.39, 0.29) is 5.56 Å². The van der Waals surface area contributed by atoms with Crippen molar-refractivity contribution in [3.63, 3.8) is 0 Å². The normalized spacial score (nSPS) is 10.5. The summed E-state index contributed by atoms with van der Waals surface area (Å²) in [6.07, 6.45) is 4.71. The molecule has 0 saturated carbocycles. The summed E-state index contributed by atoms with van der Waals surface area (Å²) in [5.41, 5.74) is 1.01. The zero-order valence-electron chi connectivity index (χ0n) is 10.3. The molecule has 98 valence electrons. The standard InChI is InChI=1S/C15H9F2N3/c16-12-6-1-4-10(13(12)17)11-5-2-7-18-14(11)15-19-8-3-9-20-15/h1-9H. The lowest BCUT2D eigenvalue weighted by molar-refractivity contribution is 0.511. The van der Waals surface area contributed by atoms with Crippen LogP contribution < -0.4 is 0 Å². The molecular formula is C15H9F2N3. The summed E-state index contributed by atoms with van der Waals surface area (Å²) < 4.78 is 27.3. The molecule has 0 N–H and O–H groups in total. The Morgan fingerprint density at radius 2 is 1.40 bits per heavy atom. The highest BCUT2D eigenvalue weighted by Crippen LogP contribution is 2.30. The molecule has 0 atom stereocenters. The van der Waals surface area contributed by atoms with Crippen LogP contribution in [0.15, 0.2) is 55.0 Å². The van der Waals surface area contributed by atoms with E-state index in [1.54, 1.807) is 36.8 Å². The minimum absolute atomic E-state index is 0.139. The molecule has 0 amide bonds. The second-order valence-corrected chi connectivity index (χ2v) is 4.07. The van der Waals surface area contributed by atoms with Gasteiger partial charge in [-0.1, -0.05) is 18.2 Å². The van der Waals surface area contributed by atoms with Crippen molar-refractivity contribution in [3.05, 3.63) is 66.6 Å². The Bertz CT molecular complexity index is 745. The highest BCUT2D eigenvalue weighted by atomic mass is 19.2. The third-order valence-electron chi connectivity index (χ3n) is 2.83. The fourth-order valence-corrected chi connectivity index (χ4v) is 1.93. The Kier molecular flexibility index (Phi) is 3.16. The van der Waals surface area contributed by atoms with E-state index in [1.165, 1.54) is 12.1 Å². The van der Waals surface area contributed by atoms with E-state index in [1.807, 2.05) is 0 Å². The maximum absolute atomic E-state index is 13.9. The van der Waals surface area contributed by atoms with Crippen LogP contribution >= 0.6 is 0 Å². The van der Waals surface area contributed by atoms with Crippen LogP contribution in [0.1, 0.15) is 0 Å². The van der Waals surface area contributed by atoms with Crippen molar-refractivity contribution in [2.45, 2.75) is 0 Å². The molecule has 0 spiro atoms. The number of pyridine rings is 1. The average Bonchev–Trinajstić information content (AvgIpc) is 2.51. The maximum atomic E-state index is 13.9. The number of rotatable bonds is 2. The second kappa shape index (κ2) is 5.13. The topological polar surface area (TPSA) is 38.7 Å². The molecule has 0 fully saturated rings. The van der Waals surface area contributed by atoms with Crippen LogP contribution in [-0.2, 0) is 0 Å². The molecule has 3 rings (SSSR count). The number of nitrogens with zero attached hydrogens (tertiary/aromatic N) is 3. The predicted octanol–water partition coefficient (Wildman–Crippen LogP) is 3.48. The molecule has 5 heteroatoms. The quantitative estimate of drug-likeness (QED) is 0.715. The van der Waals surface area contributed by atoms with Gasteiger partial charge in [-0.25, -0.2) is 18.7 Å². The van der Waals surface area contributed by atoms with Crippen molar-refractivity contribution in [2.24, 2.45) is 0 Å². The van der Waals surface area contributed by atoms with Gasteiger partial charge in [-0.3, -0.25) is 4.98 Å². The van der Waals surface area contributed by atoms with E-state index < -0.39 is 11.6 Å². The molecule has 20 heavy (non-hydrogen) atoms. The van der Waals surface area contributed by atoms with Gasteiger partial charge in [0.25, 0.3) is 0 Å². The number of hydrogen-bond donors (Lipinski definition) is 0. The Morgan fingerprint density at radius 3 is 2.20 bits per heavy atom. The van der Waals surface area contributed by atoms with Crippen molar-refractivity contribution in [2.75, 3.05) is 0 Å². The Balaban J connectivity index is 2.23. The summed E-state index contributed by atoms with van der Waals surface area (Å²) in [5.74, 6) is -1.43. The minimum atomic E-state index is -0.905. The third-order valence-corrected chi connectivity index (χ3v) is 2.83. The van der Waals surface area contributed by atoms with Crippen LogP contribution in [0, 0.1) is 11.6 Å². The SMILES string of the molecule is Fc1cccc(-c2cccnc2-c2ncccn2)c1F. The van der Waals surface area contributed by atoms with E-state index in [4.69, 9.17) is 0 Å². The van der Waals surface area contributed by atoms with Gasteiger partial charge >= 0.3 is 0 Å². The molecule has 0 saturated heterocycles. The van der Waals surface area contributed by atoms with E-state index in [9.17, 15) is 8.78 Å². The summed E-state index contributed by atoms with van der Waals surface area (Å²) in [4.78, 5) is 12.4.